The van der Waals surface area contributed by atoms with E-state index < -0.39 is 0 Å². The number of carbonyl (C=O) groups excluding carboxylic acids is 1. The fraction of sp³-hybridized carbons (Fsp3) is 0.381. The van der Waals surface area contributed by atoms with Crippen molar-refractivity contribution >= 4 is 27.5 Å². The molecule has 7 heteroatoms. The molecule has 150 valence electrons. The molecule has 0 bridgehead atoms. The van der Waals surface area contributed by atoms with Crippen molar-refractivity contribution in [3.63, 3.8) is 0 Å². The van der Waals surface area contributed by atoms with Crippen molar-refractivity contribution < 1.29 is 19.0 Å². The fourth-order valence-corrected chi connectivity index (χ4v) is 3.68. The highest BCUT2D eigenvalue weighted by molar-refractivity contribution is 9.10. The van der Waals surface area contributed by atoms with Crippen LogP contribution in [0.15, 0.2) is 40.9 Å². The Balaban J connectivity index is 1.67. The molecule has 2 aromatic carbocycles. The van der Waals surface area contributed by atoms with Crippen molar-refractivity contribution in [1.82, 2.24) is 4.90 Å². The van der Waals surface area contributed by atoms with E-state index in [2.05, 4.69) is 26.1 Å². The molecule has 1 amide bonds. The van der Waals surface area contributed by atoms with Gasteiger partial charge in [0.15, 0.2) is 11.5 Å². The highest BCUT2D eigenvalue weighted by Crippen LogP contribution is 2.36. The predicted octanol–water partition coefficient (Wildman–Crippen LogP) is 3.94. The first kappa shape index (κ1) is 20.6. The van der Waals surface area contributed by atoms with Crippen molar-refractivity contribution in [2.45, 2.75) is 13.5 Å². The van der Waals surface area contributed by atoms with Crippen LogP contribution in [0.2, 0.25) is 0 Å². The SMILES string of the molecule is CCOc1cc(C(=O)Nc2ccc(CN3CCOCC3)cc2)cc(Br)c1OC. The van der Waals surface area contributed by atoms with Gasteiger partial charge in [-0.25, -0.2) is 0 Å². The van der Waals surface area contributed by atoms with Gasteiger partial charge in [0.05, 0.1) is 31.4 Å². The van der Waals surface area contributed by atoms with Crippen LogP contribution in [-0.4, -0.2) is 50.8 Å². The zero-order valence-corrected chi connectivity index (χ0v) is 17.8. The second-order valence-corrected chi connectivity index (χ2v) is 7.32. The molecule has 1 aliphatic rings. The summed E-state index contributed by atoms with van der Waals surface area (Å²) in [5, 5.41) is 2.93. The number of benzene rings is 2. The van der Waals surface area contributed by atoms with Crippen LogP contribution in [-0.2, 0) is 11.3 Å². The van der Waals surface area contributed by atoms with Crippen molar-refractivity contribution in [3.8, 4) is 11.5 Å². The zero-order chi connectivity index (χ0) is 19.9. The molecular formula is C21H25BrN2O4. The van der Waals surface area contributed by atoms with Crippen LogP contribution in [0.1, 0.15) is 22.8 Å². The van der Waals surface area contributed by atoms with Gasteiger partial charge >= 0.3 is 0 Å². The van der Waals surface area contributed by atoms with E-state index in [-0.39, 0.29) is 5.91 Å². The van der Waals surface area contributed by atoms with Crippen molar-refractivity contribution in [3.05, 3.63) is 52.0 Å². The number of rotatable bonds is 7. The second-order valence-electron chi connectivity index (χ2n) is 6.46. The van der Waals surface area contributed by atoms with Crippen LogP contribution >= 0.6 is 15.9 Å². The minimum Gasteiger partial charge on any atom is -0.492 e. The van der Waals surface area contributed by atoms with Gasteiger partial charge in [0.1, 0.15) is 0 Å². The Morgan fingerprint density at radius 3 is 2.57 bits per heavy atom. The quantitative estimate of drug-likeness (QED) is 0.694. The van der Waals surface area contributed by atoms with Crippen molar-refractivity contribution in [2.75, 3.05) is 45.3 Å². The molecule has 1 saturated heterocycles. The summed E-state index contributed by atoms with van der Waals surface area (Å²) in [6.45, 7) is 6.74. The number of nitrogens with zero attached hydrogens (tertiary/aromatic N) is 1. The third-order valence-electron chi connectivity index (χ3n) is 4.50. The number of amides is 1. The predicted molar refractivity (Wildman–Crippen MR) is 112 cm³/mol. The molecule has 1 aliphatic heterocycles. The monoisotopic (exact) mass is 448 g/mol. The lowest BCUT2D eigenvalue weighted by molar-refractivity contribution is 0.0342. The Bertz CT molecular complexity index is 805. The summed E-state index contributed by atoms with van der Waals surface area (Å²) < 4.78 is 17.0. The van der Waals surface area contributed by atoms with E-state index in [1.165, 1.54) is 5.56 Å². The molecule has 0 aromatic heterocycles. The Morgan fingerprint density at radius 2 is 1.93 bits per heavy atom. The van der Waals surface area contributed by atoms with Gasteiger partial charge in [0.25, 0.3) is 5.91 Å². The first-order chi connectivity index (χ1) is 13.6. The molecular weight excluding hydrogens is 424 g/mol. The largest absolute Gasteiger partial charge is 0.492 e. The molecule has 0 saturated carbocycles. The first-order valence-electron chi connectivity index (χ1n) is 9.31. The van der Waals surface area contributed by atoms with Gasteiger partial charge in [-0.1, -0.05) is 12.1 Å². The third-order valence-corrected chi connectivity index (χ3v) is 5.09. The Kier molecular flexibility index (Phi) is 7.30. The highest BCUT2D eigenvalue weighted by atomic mass is 79.9. The number of hydrogen-bond acceptors (Lipinski definition) is 5. The minimum absolute atomic E-state index is 0.203. The number of ether oxygens (including phenoxy) is 3. The van der Waals surface area contributed by atoms with Crippen LogP contribution in [0.5, 0.6) is 11.5 Å². The number of carbonyl (C=O) groups is 1. The second kappa shape index (κ2) is 9.91. The van der Waals surface area contributed by atoms with E-state index in [1.54, 1.807) is 19.2 Å². The van der Waals surface area contributed by atoms with Gasteiger partial charge in [-0.15, -0.1) is 0 Å². The maximum Gasteiger partial charge on any atom is 0.255 e. The van der Waals surface area contributed by atoms with E-state index in [0.29, 0.717) is 28.1 Å². The smallest absolute Gasteiger partial charge is 0.255 e. The van der Waals surface area contributed by atoms with E-state index >= 15 is 0 Å². The highest BCUT2D eigenvalue weighted by Gasteiger charge is 2.16. The lowest BCUT2D eigenvalue weighted by Crippen LogP contribution is -2.35. The summed E-state index contributed by atoms with van der Waals surface area (Å²) in [6, 6.07) is 11.4. The molecule has 3 rings (SSSR count). The van der Waals surface area contributed by atoms with E-state index in [4.69, 9.17) is 14.2 Å². The number of hydrogen-bond donors (Lipinski definition) is 1. The third kappa shape index (κ3) is 5.25. The Labute approximate surface area is 173 Å². The van der Waals surface area contributed by atoms with Gasteiger partial charge in [-0.3, -0.25) is 9.69 Å². The van der Waals surface area contributed by atoms with Crippen LogP contribution in [0.4, 0.5) is 5.69 Å². The summed E-state index contributed by atoms with van der Waals surface area (Å²) >= 11 is 3.44. The van der Waals surface area contributed by atoms with Crippen molar-refractivity contribution in [2.24, 2.45) is 0 Å². The van der Waals surface area contributed by atoms with E-state index in [9.17, 15) is 4.79 Å². The van der Waals surface area contributed by atoms with Gasteiger partial charge in [0.2, 0.25) is 0 Å². The lowest BCUT2D eigenvalue weighted by atomic mass is 10.1. The van der Waals surface area contributed by atoms with Crippen LogP contribution in [0.25, 0.3) is 0 Å². The topological polar surface area (TPSA) is 60.0 Å². The zero-order valence-electron chi connectivity index (χ0n) is 16.2. The Morgan fingerprint density at radius 1 is 1.21 bits per heavy atom. The molecule has 6 nitrogen and oxygen atoms in total. The number of halogens is 1. The van der Waals surface area contributed by atoms with Gasteiger partial charge in [-0.05, 0) is 52.7 Å². The summed E-state index contributed by atoms with van der Waals surface area (Å²) in [4.78, 5) is 15.0. The standard InChI is InChI=1S/C21H25BrN2O4/c1-3-28-19-13-16(12-18(22)20(19)26-2)21(25)23-17-6-4-15(5-7-17)14-24-8-10-27-11-9-24/h4-7,12-13H,3,8-11,14H2,1-2H3,(H,23,25). The van der Waals surface area contributed by atoms with Gasteiger partial charge in [0, 0.05) is 30.9 Å². The number of methoxy groups -OCH3 is 1. The summed E-state index contributed by atoms with van der Waals surface area (Å²) in [5.74, 6) is 0.904. The molecule has 28 heavy (non-hydrogen) atoms. The number of nitrogens with one attached hydrogen (secondary N) is 1. The Hall–Kier alpha value is -2.09. The molecule has 0 atom stereocenters. The average molecular weight is 449 g/mol. The maximum absolute atomic E-state index is 12.7. The normalized spacial score (nSPS) is 14.5. The van der Waals surface area contributed by atoms with Gasteiger partial charge in [-0.2, -0.15) is 0 Å². The summed E-state index contributed by atoms with van der Waals surface area (Å²) in [5.41, 5.74) is 2.46. The molecule has 1 heterocycles. The number of anilines is 1. The molecule has 1 N–H and O–H groups in total. The van der Waals surface area contributed by atoms with E-state index in [1.807, 2.05) is 31.2 Å². The van der Waals surface area contributed by atoms with E-state index in [0.717, 1.165) is 38.5 Å². The summed E-state index contributed by atoms with van der Waals surface area (Å²) in [7, 11) is 1.57. The average Bonchev–Trinajstić information content (AvgIpc) is 2.70. The van der Waals surface area contributed by atoms with Crippen LogP contribution in [0, 0.1) is 0 Å². The van der Waals surface area contributed by atoms with Crippen LogP contribution in [0.3, 0.4) is 0 Å². The van der Waals surface area contributed by atoms with Crippen molar-refractivity contribution in [1.29, 1.82) is 0 Å². The number of morpholine rings is 1. The first-order valence-corrected chi connectivity index (χ1v) is 10.1. The maximum atomic E-state index is 12.7. The molecule has 0 unspecified atom stereocenters. The molecule has 0 radical (unpaired) electrons. The molecule has 0 spiro atoms. The minimum atomic E-state index is -0.203. The summed E-state index contributed by atoms with van der Waals surface area (Å²) in [6.07, 6.45) is 0. The van der Waals surface area contributed by atoms with Crippen LogP contribution < -0.4 is 14.8 Å². The fourth-order valence-electron chi connectivity index (χ4n) is 3.07. The molecule has 1 fully saturated rings. The van der Waals surface area contributed by atoms with Gasteiger partial charge < -0.3 is 19.5 Å². The molecule has 0 aliphatic carbocycles. The lowest BCUT2D eigenvalue weighted by Gasteiger charge is -2.26. The molecule has 2 aromatic rings.